The summed E-state index contributed by atoms with van der Waals surface area (Å²) in [5.74, 6) is 1.53. The first kappa shape index (κ1) is 19.2. The third kappa shape index (κ3) is 5.44. The van der Waals surface area contributed by atoms with Crippen LogP contribution in [0.3, 0.4) is 0 Å². The number of thiazole rings is 1. The zero-order valence-electron chi connectivity index (χ0n) is 15.4. The summed E-state index contributed by atoms with van der Waals surface area (Å²) in [7, 11) is 5.26. The maximum absolute atomic E-state index is 11.8. The van der Waals surface area contributed by atoms with Gasteiger partial charge >= 0.3 is 0 Å². The van der Waals surface area contributed by atoms with Crippen molar-refractivity contribution in [1.82, 2.24) is 10.3 Å². The fourth-order valence-corrected chi connectivity index (χ4v) is 3.40. The zero-order valence-corrected chi connectivity index (χ0v) is 16.2. The van der Waals surface area contributed by atoms with E-state index in [4.69, 9.17) is 14.5 Å². The summed E-state index contributed by atoms with van der Waals surface area (Å²) >= 11 is 1.59. The van der Waals surface area contributed by atoms with Gasteiger partial charge in [-0.2, -0.15) is 0 Å². The number of hydrogen-bond acceptors (Lipinski definition) is 5. The van der Waals surface area contributed by atoms with Crippen molar-refractivity contribution in [3.05, 3.63) is 28.6 Å². The lowest BCUT2D eigenvalue weighted by Crippen LogP contribution is -3.09. The van der Waals surface area contributed by atoms with Crippen molar-refractivity contribution >= 4 is 17.2 Å². The second kappa shape index (κ2) is 8.82. The molecule has 0 aliphatic heterocycles. The molecule has 25 heavy (non-hydrogen) atoms. The summed E-state index contributed by atoms with van der Waals surface area (Å²) < 4.78 is 10.7. The molecule has 0 saturated heterocycles. The summed E-state index contributed by atoms with van der Waals surface area (Å²) in [6, 6.07) is 5.85. The molecule has 1 heterocycles. The molecule has 136 valence electrons. The van der Waals surface area contributed by atoms with Gasteiger partial charge in [-0.3, -0.25) is 4.79 Å². The highest BCUT2D eigenvalue weighted by Gasteiger charge is 2.15. The van der Waals surface area contributed by atoms with Crippen LogP contribution in [0.5, 0.6) is 11.5 Å². The average Bonchev–Trinajstić information content (AvgIpc) is 3.01. The molecule has 0 saturated carbocycles. The molecule has 2 rings (SSSR count). The lowest BCUT2D eigenvalue weighted by Gasteiger charge is -2.13. The van der Waals surface area contributed by atoms with Gasteiger partial charge in [-0.1, -0.05) is 0 Å². The van der Waals surface area contributed by atoms with Crippen LogP contribution in [0.2, 0.25) is 0 Å². The maximum Gasteiger partial charge on any atom is 0.275 e. The van der Waals surface area contributed by atoms with Gasteiger partial charge in [0.1, 0.15) is 23.1 Å². The molecule has 0 fully saturated rings. The molecule has 1 aromatic heterocycles. The predicted molar refractivity (Wildman–Crippen MR) is 99.4 cm³/mol. The molecule has 0 aliphatic carbocycles. The molecule has 2 aromatic rings. The number of carbonyl (C=O) groups excluding carboxylic acids is 1. The third-order valence-corrected chi connectivity index (χ3v) is 4.45. The molecule has 0 spiro atoms. The molecule has 7 heteroatoms. The summed E-state index contributed by atoms with van der Waals surface area (Å²) in [5, 5.41) is 5.91. The Labute approximate surface area is 152 Å². The average molecular weight is 364 g/mol. The molecule has 1 aromatic carbocycles. The van der Waals surface area contributed by atoms with Crippen LogP contribution in [0.15, 0.2) is 23.6 Å². The molecule has 0 bridgehead atoms. The molecule has 1 atom stereocenters. The maximum atomic E-state index is 11.8. The van der Waals surface area contributed by atoms with E-state index >= 15 is 0 Å². The van der Waals surface area contributed by atoms with Crippen LogP contribution in [-0.4, -0.2) is 44.7 Å². The van der Waals surface area contributed by atoms with Crippen LogP contribution in [0.1, 0.15) is 18.9 Å². The van der Waals surface area contributed by atoms with Crippen LogP contribution < -0.4 is 19.7 Å². The van der Waals surface area contributed by atoms with Crippen molar-refractivity contribution in [2.75, 3.05) is 27.8 Å². The normalized spacial score (nSPS) is 12.1. The number of benzene rings is 1. The molecule has 0 aliphatic rings. The summed E-state index contributed by atoms with van der Waals surface area (Å²) in [6.45, 7) is 5.05. The van der Waals surface area contributed by atoms with Gasteiger partial charge in [0.2, 0.25) is 0 Å². The van der Waals surface area contributed by atoms with Gasteiger partial charge in [0.15, 0.2) is 6.54 Å². The Kier molecular flexibility index (Phi) is 6.78. The number of likely N-dealkylation sites (N-methyl/N-ethyl adjacent to an activating group) is 1. The van der Waals surface area contributed by atoms with Gasteiger partial charge in [-0.25, -0.2) is 4.98 Å². The highest BCUT2D eigenvalue weighted by molar-refractivity contribution is 7.09. The number of hydrogen-bond donors (Lipinski definition) is 2. The van der Waals surface area contributed by atoms with Crippen LogP contribution >= 0.6 is 11.3 Å². The van der Waals surface area contributed by atoms with Gasteiger partial charge in [0.05, 0.1) is 27.0 Å². The van der Waals surface area contributed by atoms with Gasteiger partial charge in [-0.05, 0) is 26.0 Å². The first-order chi connectivity index (χ1) is 11.9. The number of aromatic nitrogens is 1. The number of nitrogens with one attached hydrogen (secondary N) is 2. The quantitative estimate of drug-likeness (QED) is 0.743. The van der Waals surface area contributed by atoms with Crippen LogP contribution in [-0.2, 0) is 11.3 Å². The van der Waals surface area contributed by atoms with Crippen LogP contribution in [0, 0.1) is 0 Å². The molecule has 1 amide bonds. The van der Waals surface area contributed by atoms with Crippen molar-refractivity contribution in [2.24, 2.45) is 0 Å². The Hall–Kier alpha value is -2.12. The Morgan fingerprint density at radius 2 is 2.08 bits per heavy atom. The molecule has 0 radical (unpaired) electrons. The first-order valence-electron chi connectivity index (χ1n) is 8.20. The number of nitrogens with zero attached hydrogens (tertiary/aromatic N) is 1. The van der Waals surface area contributed by atoms with Crippen molar-refractivity contribution < 1.29 is 19.2 Å². The Morgan fingerprint density at radius 1 is 1.32 bits per heavy atom. The van der Waals surface area contributed by atoms with Gasteiger partial charge in [0.25, 0.3) is 5.91 Å². The molecular weight excluding hydrogens is 338 g/mol. The summed E-state index contributed by atoms with van der Waals surface area (Å²) in [5.41, 5.74) is 1.81. The van der Waals surface area contributed by atoms with E-state index in [0.717, 1.165) is 32.7 Å². The van der Waals surface area contributed by atoms with E-state index in [1.54, 1.807) is 25.6 Å². The topological polar surface area (TPSA) is 64.9 Å². The van der Waals surface area contributed by atoms with Crippen molar-refractivity contribution in [3.63, 3.8) is 0 Å². The monoisotopic (exact) mass is 364 g/mol. The fourth-order valence-electron chi connectivity index (χ4n) is 2.49. The first-order valence-corrected chi connectivity index (χ1v) is 9.08. The van der Waals surface area contributed by atoms with Crippen LogP contribution in [0.4, 0.5) is 0 Å². The summed E-state index contributed by atoms with van der Waals surface area (Å²) in [6.07, 6.45) is 0. The van der Waals surface area contributed by atoms with E-state index in [1.165, 1.54) is 0 Å². The Balaban J connectivity index is 2.06. The van der Waals surface area contributed by atoms with Crippen molar-refractivity contribution in [3.8, 4) is 22.8 Å². The number of quaternary nitrogens is 1. The second-order valence-electron chi connectivity index (χ2n) is 6.23. The second-order valence-corrected chi connectivity index (χ2v) is 7.17. The Bertz CT molecular complexity index is 715. The number of methoxy groups -OCH3 is 2. The smallest absolute Gasteiger partial charge is 0.275 e. The molecule has 6 nitrogen and oxygen atoms in total. The standard InChI is InChI=1S/C18H25N3O3S/c1-12(2)19-17(22)9-21(3)10-18-20-15(11-25-18)14-7-6-13(23-4)8-16(14)24-5/h6-8,11-12H,9-10H2,1-5H3,(H,19,22)/p+1. The minimum Gasteiger partial charge on any atom is -0.497 e. The highest BCUT2D eigenvalue weighted by Crippen LogP contribution is 2.33. The fraction of sp³-hybridized carbons (Fsp3) is 0.444. The van der Waals surface area contributed by atoms with Gasteiger partial charge in [0, 0.05) is 23.1 Å². The number of ether oxygens (including phenoxy) is 2. The zero-order chi connectivity index (χ0) is 18.4. The predicted octanol–water partition coefficient (Wildman–Crippen LogP) is 1.37. The van der Waals surface area contributed by atoms with E-state index in [9.17, 15) is 4.79 Å². The number of carbonyl (C=O) groups is 1. The lowest BCUT2D eigenvalue weighted by atomic mass is 10.1. The van der Waals surface area contributed by atoms with E-state index in [0.29, 0.717) is 13.1 Å². The van der Waals surface area contributed by atoms with E-state index in [1.807, 2.05) is 44.5 Å². The van der Waals surface area contributed by atoms with Gasteiger partial charge in [-0.15, -0.1) is 11.3 Å². The van der Waals surface area contributed by atoms with Crippen LogP contribution in [0.25, 0.3) is 11.3 Å². The van der Waals surface area contributed by atoms with E-state index in [-0.39, 0.29) is 11.9 Å². The minimum absolute atomic E-state index is 0.0566. The van der Waals surface area contributed by atoms with Gasteiger partial charge < -0.3 is 19.7 Å². The van der Waals surface area contributed by atoms with Crippen molar-refractivity contribution in [1.29, 1.82) is 0 Å². The minimum atomic E-state index is 0.0566. The lowest BCUT2D eigenvalue weighted by molar-refractivity contribution is -0.885. The molecule has 2 N–H and O–H groups in total. The Morgan fingerprint density at radius 3 is 2.72 bits per heavy atom. The van der Waals surface area contributed by atoms with E-state index in [2.05, 4.69) is 5.32 Å². The largest absolute Gasteiger partial charge is 0.497 e. The third-order valence-electron chi connectivity index (χ3n) is 3.60. The SMILES string of the molecule is COc1ccc(-c2csc(C[NH+](C)CC(=O)NC(C)C)n2)c(OC)c1. The number of rotatable bonds is 8. The number of amides is 1. The van der Waals surface area contributed by atoms with E-state index < -0.39 is 0 Å². The molecule has 1 unspecified atom stereocenters. The molecular formula is C18H26N3O3S+. The van der Waals surface area contributed by atoms with Crippen molar-refractivity contribution in [2.45, 2.75) is 26.4 Å². The summed E-state index contributed by atoms with van der Waals surface area (Å²) in [4.78, 5) is 17.6. The highest BCUT2D eigenvalue weighted by atomic mass is 32.1.